The van der Waals surface area contributed by atoms with Crippen molar-refractivity contribution in [2.45, 2.75) is 13.8 Å². The molecule has 0 radical (unpaired) electrons. The average molecular weight is 351 g/mol. The van der Waals surface area contributed by atoms with Gasteiger partial charge in [0.25, 0.3) is 5.91 Å². The third-order valence-corrected chi connectivity index (χ3v) is 4.84. The number of hydrogen-bond donors (Lipinski definition) is 2. The van der Waals surface area contributed by atoms with Crippen LogP contribution in [-0.4, -0.2) is 17.5 Å². The van der Waals surface area contributed by atoms with Crippen molar-refractivity contribution in [2.24, 2.45) is 0 Å². The molecule has 1 aliphatic rings. The Labute approximate surface area is 149 Å². The number of aromatic nitrogens is 1. The monoisotopic (exact) mass is 351 g/mol. The van der Waals surface area contributed by atoms with E-state index >= 15 is 0 Å². The minimum atomic E-state index is -0.138. The summed E-state index contributed by atoms with van der Waals surface area (Å²) in [7, 11) is 0. The van der Waals surface area contributed by atoms with Crippen molar-refractivity contribution in [1.82, 2.24) is 4.98 Å². The van der Waals surface area contributed by atoms with Crippen molar-refractivity contribution < 1.29 is 9.53 Å². The highest BCUT2D eigenvalue weighted by atomic mass is 32.1. The molecule has 1 aromatic heterocycles. The van der Waals surface area contributed by atoms with Crippen molar-refractivity contribution in [1.29, 1.82) is 0 Å². The number of anilines is 3. The summed E-state index contributed by atoms with van der Waals surface area (Å²) in [6.07, 6.45) is 0. The Bertz CT molecular complexity index is 965. The average Bonchev–Trinajstić information content (AvgIpc) is 2.94. The summed E-state index contributed by atoms with van der Waals surface area (Å²) in [6, 6.07) is 13.9. The highest BCUT2D eigenvalue weighted by Gasteiger charge is 2.18. The van der Waals surface area contributed by atoms with Crippen molar-refractivity contribution in [3.63, 3.8) is 0 Å². The normalized spacial score (nSPS) is 13.0. The van der Waals surface area contributed by atoms with Gasteiger partial charge in [0, 0.05) is 16.1 Å². The molecule has 1 amide bonds. The van der Waals surface area contributed by atoms with E-state index in [9.17, 15) is 4.79 Å². The van der Waals surface area contributed by atoms with Crippen LogP contribution in [0.1, 0.15) is 10.4 Å². The fraction of sp³-hybridized carbons (Fsp3) is 0.158. The van der Waals surface area contributed by atoms with Crippen LogP contribution in [0.25, 0.3) is 11.3 Å². The Morgan fingerprint density at radius 2 is 2.08 bits per heavy atom. The fourth-order valence-corrected chi connectivity index (χ4v) is 3.65. The maximum Gasteiger partial charge on any atom is 0.262 e. The first kappa shape index (κ1) is 15.7. The number of benzene rings is 2. The minimum absolute atomic E-state index is 0.0621. The molecule has 0 unspecified atom stereocenters. The molecular weight excluding hydrogens is 334 g/mol. The van der Waals surface area contributed by atoms with E-state index < -0.39 is 0 Å². The largest absolute Gasteiger partial charge is 0.482 e. The van der Waals surface area contributed by atoms with E-state index in [1.165, 1.54) is 5.56 Å². The zero-order chi connectivity index (χ0) is 17.4. The van der Waals surface area contributed by atoms with E-state index in [-0.39, 0.29) is 12.5 Å². The van der Waals surface area contributed by atoms with Crippen LogP contribution < -0.4 is 15.4 Å². The molecule has 2 heterocycles. The van der Waals surface area contributed by atoms with Gasteiger partial charge in [-0.3, -0.25) is 4.79 Å². The second kappa shape index (κ2) is 6.22. The van der Waals surface area contributed by atoms with Gasteiger partial charge in [0.2, 0.25) is 0 Å². The SMILES string of the molecule is Cc1cccc(Nc2nc(-c3ccc4c(c3)NC(=O)CO4)c(C)s2)c1. The second-order valence-electron chi connectivity index (χ2n) is 5.97. The van der Waals surface area contributed by atoms with E-state index in [0.29, 0.717) is 11.4 Å². The molecule has 0 aliphatic carbocycles. The summed E-state index contributed by atoms with van der Waals surface area (Å²) >= 11 is 1.61. The predicted molar refractivity (Wildman–Crippen MR) is 101 cm³/mol. The van der Waals surface area contributed by atoms with E-state index in [0.717, 1.165) is 27.0 Å². The first-order valence-electron chi connectivity index (χ1n) is 7.97. The molecule has 25 heavy (non-hydrogen) atoms. The number of nitrogens with one attached hydrogen (secondary N) is 2. The van der Waals surface area contributed by atoms with E-state index in [4.69, 9.17) is 9.72 Å². The van der Waals surface area contributed by atoms with Crippen LogP contribution in [0.2, 0.25) is 0 Å². The number of thiazole rings is 1. The molecule has 0 fully saturated rings. The molecule has 0 atom stereocenters. The Balaban J connectivity index is 1.64. The summed E-state index contributed by atoms with van der Waals surface area (Å²) in [4.78, 5) is 17.4. The highest BCUT2D eigenvalue weighted by molar-refractivity contribution is 7.16. The Kier molecular flexibility index (Phi) is 3.89. The van der Waals surface area contributed by atoms with Gasteiger partial charge in [-0.1, -0.05) is 12.1 Å². The molecule has 2 N–H and O–H groups in total. The molecule has 6 heteroatoms. The first-order valence-corrected chi connectivity index (χ1v) is 8.78. The number of rotatable bonds is 3. The first-order chi connectivity index (χ1) is 12.1. The molecule has 0 saturated carbocycles. The molecule has 126 valence electrons. The van der Waals surface area contributed by atoms with Gasteiger partial charge in [0.05, 0.1) is 11.4 Å². The number of amides is 1. The topological polar surface area (TPSA) is 63.2 Å². The minimum Gasteiger partial charge on any atom is -0.482 e. The zero-order valence-electron chi connectivity index (χ0n) is 13.9. The van der Waals surface area contributed by atoms with Crippen LogP contribution in [0.3, 0.4) is 0 Å². The standard InChI is InChI=1S/C19H17N3O2S/c1-11-4-3-5-14(8-11)20-19-22-18(12(2)25-19)13-6-7-16-15(9-13)21-17(23)10-24-16/h3-9H,10H2,1-2H3,(H,20,22)(H,21,23). The van der Waals surface area contributed by atoms with Gasteiger partial charge in [-0.2, -0.15) is 0 Å². The number of aryl methyl sites for hydroxylation is 2. The summed E-state index contributed by atoms with van der Waals surface area (Å²) < 4.78 is 5.41. The Hall–Kier alpha value is -2.86. The molecule has 2 aromatic carbocycles. The molecule has 1 aliphatic heterocycles. The second-order valence-corrected chi connectivity index (χ2v) is 7.17. The molecule has 4 rings (SSSR count). The summed E-state index contributed by atoms with van der Waals surface area (Å²) in [6.45, 7) is 4.17. The molecule has 5 nitrogen and oxygen atoms in total. The van der Waals surface area contributed by atoms with Gasteiger partial charge in [-0.25, -0.2) is 4.98 Å². The summed E-state index contributed by atoms with van der Waals surface area (Å²) in [5, 5.41) is 7.04. The highest BCUT2D eigenvalue weighted by Crippen LogP contribution is 2.36. The van der Waals surface area contributed by atoms with Gasteiger partial charge in [0.15, 0.2) is 11.7 Å². The van der Waals surface area contributed by atoms with Gasteiger partial charge in [-0.15, -0.1) is 11.3 Å². The number of carbonyl (C=O) groups excluding carboxylic acids is 1. The lowest BCUT2D eigenvalue weighted by Gasteiger charge is -2.18. The summed E-state index contributed by atoms with van der Waals surface area (Å²) in [5.74, 6) is 0.552. The Morgan fingerprint density at radius 1 is 1.20 bits per heavy atom. The van der Waals surface area contributed by atoms with E-state index in [1.807, 2.05) is 37.3 Å². The van der Waals surface area contributed by atoms with Crippen molar-refractivity contribution in [3.05, 3.63) is 52.9 Å². The van der Waals surface area contributed by atoms with Gasteiger partial charge < -0.3 is 15.4 Å². The number of hydrogen-bond acceptors (Lipinski definition) is 5. The van der Waals surface area contributed by atoms with Crippen LogP contribution in [0.4, 0.5) is 16.5 Å². The van der Waals surface area contributed by atoms with Crippen molar-refractivity contribution in [3.8, 4) is 17.0 Å². The lowest BCUT2D eigenvalue weighted by Crippen LogP contribution is -2.25. The fourth-order valence-electron chi connectivity index (χ4n) is 2.79. The van der Waals surface area contributed by atoms with Crippen LogP contribution in [0.5, 0.6) is 5.75 Å². The Morgan fingerprint density at radius 3 is 2.92 bits per heavy atom. The van der Waals surface area contributed by atoms with Crippen LogP contribution in [0.15, 0.2) is 42.5 Å². The third-order valence-electron chi connectivity index (χ3n) is 3.95. The predicted octanol–water partition coefficient (Wildman–Crippen LogP) is 4.50. The van der Waals surface area contributed by atoms with E-state index in [1.54, 1.807) is 11.3 Å². The van der Waals surface area contributed by atoms with Gasteiger partial charge >= 0.3 is 0 Å². The molecule has 0 saturated heterocycles. The number of ether oxygens (including phenoxy) is 1. The van der Waals surface area contributed by atoms with Crippen LogP contribution in [0, 0.1) is 13.8 Å². The van der Waals surface area contributed by atoms with E-state index in [2.05, 4.69) is 29.7 Å². The number of carbonyl (C=O) groups is 1. The van der Waals surface area contributed by atoms with Crippen LogP contribution in [-0.2, 0) is 4.79 Å². The number of fused-ring (bicyclic) bond motifs is 1. The van der Waals surface area contributed by atoms with Gasteiger partial charge in [0.1, 0.15) is 5.75 Å². The van der Waals surface area contributed by atoms with Crippen molar-refractivity contribution in [2.75, 3.05) is 17.2 Å². The lowest BCUT2D eigenvalue weighted by atomic mass is 10.1. The molecule has 0 spiro atoms. The molecule has 3 aromatic rings. The molecule has 0 bridgehead atoms. The third kappa shape index (κ3) is 3.21. The zero-order valence-corrected chi connectivity index (χ0v) is 14.7. The molecular formula is C19H17N3O2S. The summed E-state index contributed by atoms with van der Waals surface area (Å²) in [5.41, 5.74) is 4.77. The quantitative estimate of drug-likeness (QED) is 0.729. The van der Waals surface area contributed by atoms with Crippen molar-refractivity contribution >= 4 is 33.8 Å². The lowest BCUT2D eigenvalue weighted by molar-refractivity contribution is -0.118. The maximum atomic E-state index is 11.5. The van der Waals surface area contributed by atoms with Crippen LogP contribution >= 0.6 is 11.3 Å². The smallest absolute Gasteiger partial charge is 0.262 e. The van der Waals surface area contributed by atoms with Gasteiger partial charge in [-0.05, 0) is 49.7 Å². The maximum absolute atomic E-state index is 11.5. The number of nitrogens with zero attached hydrogens (tertiary/aromatic N) is 1.